The molecular weight excluding hydrogens is 1020 g/mol. The molecule has 0 spiro atoms. The van der Waals surface area contributed by atoms with Crippen molar-refractivity contribution in [2.75, 3.05) is 0 Å². The first-order chi connectivity index (χ1) is 33.7. The summed E-state index contributed by atoms with van der Waals surface area (Å²) in [5, 5.41) is 8.07. The molecule has 4 nitrogen and oxygen atoms in total. The summed E-state index contributed by atoms with van der Waals surface area (Å²) in [6.07, 6.45) is 3.30. The number of rotatable bonds is 10. The number of nitrogens with zero attached hydrogens (tertiary/aromatic N) is 3. The Bertz CT molecular complexity index is 3500. The van der Waals surface area contributed by atoms with Gasteiger partial charge in [-0.3, -0.25) is 4.98 Å². The van der Waals surface area contributed by atoms with E-state index in [2.05, 4.69) is 194 Å². The fourth-order valence-electron chi connectivity index (χ4n) is 9.58. The molecule has 3 aromatic heterocycles. The molecule has 7 aromatic carbocycles. The summed E-state index contributed by atoms with van der Waals surface area (Å²) in [6, 6.07) is 48.5. The fraction of sp³-hybridized carbons (Fsp3) is 0.290. The van der Waals surface area contributed by atoms with Crippen LogP contribution in [0.5, 0.6) is 0 Å². The number of aromatic nitrogens is 3. The van der Waals surface area contributed by atoms with Gasteiger partial charge in [-0.25, -0.2) is 0 Å². The molecule has 10 aromatic rings. The zero-order valence-electron chi connectivity index (χ0n) is 45.4. The summed E-state index contributed by atoms with van der Waals surface area (Å²) in [5.41, 5.74) is 12.5. The molecule has 3 heterocycles. The summed E-state index contributed by atoms with van der Waals surface area (Å²) in [6.45, 7) is 22.7. The van der Waals surface area contributed by atoms with Crippen LogP contribution in [-0.2, 0) is 20.1 Å². The fourth-order valence-corrected chi connectivity index (χ4v) is 10.6. The average molecular weight is 1090 g/mol. The number of imidazole rings is 1. The number of para-hydroxylation sites is 2. The SMILES string of the molecule is [2H]C(CC)(CC)c1c[c-]c(-c2nc3ccccc3n2-c2c(C(C)C)cc(C(C)C)cc2C(C)C)c2oc3cc4c(ccc5ccccc54)cc3c12.[2H]C([2H])([2H])c1c[c-]c(-c2ccc([Si](C)(C)C)cn2)cc1.[Ir]. The Balaban J connectivity index is 0.000000278. The maximum atomic E-state index is 9.69. The van der Waals surface area contributed by atoms with Crippen LogP contribution in [0.25, 0.3) is 82.8 Å². The number of pyridine rings is 1. The van der Waals surface area contributed by atoms with Crippen LogP contribution < -0.4 is 5.19 Å². The number of benzene rings is 7. The molecule has 0 saturated carbocycles. The Morgan fingerprint density at radius 1 is 0.706 bits per heavy atom. The van der Waals surface area contributed by atoms with Crippen molar-refractivity contribution in [2.24, 2.45) is 0 Å². The first-order valence-electron chi connectivity index (χ1n) is 26.1. The Labute approximate surface area is 424 Å². The molecule has 0 aliphatic rings. The Hall–Kier alpha value is -5.65. The summed E-state index contributed by atoms with van der Waals surface area (Å²) < 4.78 is 41.1. The van der Waals surface area contributed by atoms with E-state index < -0.39 is 20.8 Å². The van der Waals surface area contributed by atoms with Crippen molar-refractivity contribution in [3.63, 3.8) is 0 Å². The molecule has 0 unspecified atom stereocenters. The third kappa shape index (κ3) is 9.16. The standard InChI is InChI=1S/C47H47N2O.C15H18NSi.Ir/c1-9-30(10-2)35-21-22-36(46-44(35)40-23-32-20-19-31-15-11-12-16-34(31)39(32)26-43(40)50-46)47-48-41-17-13-14-18-42(41)49(47)45-37(28(5)6)24-33(27(3)4)25-38(45)29(7)8;1-12-5-7-13(8-6-12)15-10-9-14(11-16-15)17(2,3)4;/h11-21,23-30H,9-10H2,1-8H3;5-7,9-11H,1-4H3;/q2*-1;/i30D;1D3;. The molecule has 0 saturated heterocycles. The third-order valence-electron chi connectivity index (χ3n) is 13.5. The molecule has 0 atom stereocenters. The van der Waals surface area contributed by atoms with Crippen LogP contribution >= 0.6 is 0 Å². The van der Waals surface area contributed by atoms with Crippen LogP contribution in [0.3, 0.4) is 0 Å². The maximum absolute atomic E-state index is 9.69. The number of hydrogen-bond acceptors (Lipinski definition) is 3. The molecule has 68 heavy (non-hydrogen) atoms. The van der Waals surface area contributed by atoms with Crippen molar-refractivity contribution in [2.45, 2.75) is 118 Å². The number of hydrogen-bond donors (Lipinski definition) is 0. The molecule has 6 heteroatoms. The molecule has 0 aliphatic heterocycles. The number of fused-ring (bicyclic) bond motifs is 7. The van der Waals surface area contributed by atoms with Crippen LogP contribution in [0, 0.1) is 19.0 Å². The maximum Gasteiger partial charge on any atom is 0.121 e. The van der Waals surface area contributed by atoms with Gasteiger partial charge >= 0.3 is 0 Å². The van der Waals surface area contributed by atoms with Crippen molar-refractivity contribution in [1.29, 1.82) is 0 Å². The van der Waals surface area contributed by atoms with E-state index >= 15 is 0 Å². The van der Waals surface area contributed by atoms with Gasteiger partial charge in [0.25, 0.3) is 0 Å². The summed E-state index contributed by atoms with van der Waals surface area (Å²) >= 11 is 0. The minimum atomic E-state index is -2.08. The van der Waals surface area contributed by atoms with E-state index in [1.54, 1.807) is 12.1 Å². The van der Waals surface area contributed by atoms with E-state index in [0.29, 0.717) is 36.2 Å². The molecule has 10 rings (SSSR count). The molecule has 0 N–H and O–H groups in total. The molecule has 1 radical (unpaired) electrons. The van der Waals surface area contributed by atoms with Gasteiger partial charge in [0.05, 0.1) is 30.5 Å². The first kappa shape index (κ1) is 43.6. The summed E-state index contributed by atoms with van der Waals surface area (Å²) in [7, 11) is -1.34. The van der Waals surface area contributed by atoms with Gasteiger partial charge < -0.3 is 14.0 Å². The summed E-state index contributed by atoms with van der Waals surface area (Å²) in [4.78, 5) is 9.86. The minimum Gasteiger partial charge on any atom is -0.501 e. The normalized spacial score (nSPS) is 13.3. The molecule has 0 bridgehead atoms. The molecule has 349 valence electrons. The van der Waals surface area contributed by atoms with E-state index in [1.165, 1.54) is 44.4 Å². The molecular formula is C62H65IrN3OSi-2. The van der Waals surface area contributed by atoms with Crippen molar-refractivity contribution in [3.8, 4) is 28.3 Å². The second-order valence-corrected chi connectivity index (χ2v) is 25.1. The van der Waals surface area contributed by atoms with Crippen LogP contribution in [0.15, 0.2) is 132 Å². The van der Waals surface area contributed by atoms with Crippen molar-refractivity contribution in [3.05, 3.63) is 167 Å². The third-order valence-corrected chi connectivity index (χ3v) is 15.5. The zero-order chi connectivity index (χ0) is 50.7. The zero-order valence-corrected chi connectivity index (χ0v) is 44.7. The van der Waals surface area contributed by atoms with Crippen LogP contribution in [0.2, 0.25) is 19.6 Å². The minimum absolute atomic E-state index is 0. The van der Waals surface area contributed by atoms with E-state index in [-0.39, 0.29) is 20.1 Å². The van der Waals surface area contributed by atoms with E-state index in [4.69, 9.17) is 13.5 Å². The molecule has 0 amide bonds. The van der Waals surface area contributed by atoms with Crippen molar-refractivity contribution in [1.82, 2.24) is 14.5 Å². The van der Waals surface area contributed by atoms with Gasteiger partial charge in [0.1, 0.15) is 5.58 Å². The van der Waals surface area contributed by atoms with Gasteiger partial charge in [0.15, 0.2) is 0 Å². The topological polar surface area (TPSA) is 43.9 Å². The second-order valence-electron chi connectivity index (χ2n) is 20.0. The predicted molar refractivity (Wildman–Crippen MR) is 289 cm³/mol. The second kappa shape index (κ2) is 19.8. The van der Waals surface area contributed by atoms with Crippen LogP contribution in [0.1, 0.15) is 125 Å². The molecule has 0 aliphatic carbocycles. The Kier molecular flexibility index (Phi) is 12.7. The Morgan fingerprint density at radius 3 is 2.04 bits per heavy atom. The predicted octanol–water partition coefficient (Wildman–Crippen LogP) is 17.4. The quantitative estimate of drug-likeness (QED) is 0.0779. The van der Waals surface area contributed by atoms with Gasteiger partial charge in [-0.15, -0.1) is 53.1 Å². The van der Waals surface area contributed by atoms with E-state index in [0.717, 1.165) is 72.0 Å². The molecule has 0 fully saturated rings. The van der Waals surface area contributed by atoms with E-state index in [1.807, 2.05) is 12.3 Å². The van der Waals surface area contributed by atoms with Gasteiger partial charge in [-0.05, 0) is 91.1 Å². The summed E-state index contributed by atoms with van der Waals surface area (Å²) in [5.74, 6) is 1.03. The first-order valence-corrected chi connectivity index (χ1v) is 27.6. The monoisotopic (exact) mass is 1090 g/mol. The van der Waals surface area contributed by atoms with Crippen molar-refractivity contribution < 1.29 is 30.0 Å². The van der Waals surface area contributed by atoms with Crippen molar-refractivity contribution >= 4 is 67.8 Å². The number of furan rings is 1. The van der Waals surface area contributed by atoms with E-state index in [9.17, 15) is 1.37 Å². The van der Waals surface area contributed by atoms with Gasteiger partial charge in [0.2, 0.25) is 0 Å². The smallest absolute Gasteiger partial charge is 0.121 e. The van der Waals surface area contributed by atoms with Crippen LogP contribution in [0.4, 0.5) is 0 Å². The largest absolute Gasteiger partial charge is 0.501 e. The van der Waals surface area contributed by atoms with Crippen LogP contribution in [-0.4, -0.2) is 22.6 Å². The Morgan fingerprint density at radius 2 is 1.41 bits per heavy atom. The van der Waals surface area contributed by atoms with Gasteiger partial charge in [-0.1, -0.05) is 184 Å². The number of aryl methyl sites for hydroxylation is 1. The van der Waals surface area contributed by atoms with Gasteiger partial charge in [0, 0.05) is 42.9 Å². The van der Waals surface area contributed by atoms with Gasteiger partial charge in [-0.2, -0.15) is 0 Å². The average Bonchev–Trinajstić information content (AvgIpc) is 3.93.